The van der Waals surface area contributed by atoms with E-state index in [0.29, 0.717) is 18.3 Å². The fraction of sp³-hybridized carbons (Fsp3) is 0.774. The molecule has 2 aliphatic heterocycles. The predicted octanol–water partition coefficient (Wildman–Crippen LogP) is 5.36. The highest BCUT2D eigenvalue weighted by Crippen LogP contribution is 2.61. The molecule has 1 aliphatic carbocycles. The van der Waals surface area contributed by atoms with Crippen LogP contribution in [-0.2, 0) is 19.1 Å². The Labute approximate surface area is 237 Å². The molecule has 2 N–H and O–H groups in total. The minimum atomic E-state index is -1.24. The van der Waals surface area contributed by atoms with E-state index in [1.54, 1.807) is 32.1 Å². The van der Waals surface area contributed by atoms with Gasteiger partial charge in [-0.05, 0) is 61.5 Å². The maximum atomic E-state index is 13.5. The first-order chi connectivity index (χ1) is 18.0. The molecule has 39 heavy (non-hydrogen) atoms. The van der Waals surface area contributed by atoms with Crippen molar-refractivity contribution in [2.24, 2.45) is 34.5 Å². The molecule has 2 saturated heterocycles. The number of epoxide rings is 1. The van der Waals surface area contributed by atoms with E-state index >= 15 is 0 Å². The van der Waals surface area contributed by atoms with E-state index in [-0.39, 0.29) is 35.2 Å². The summed E-state index contributed by atoms with van der Waals surface area (Å²) in [5.74, 6) is -0.778. The van der Waals surface area contributed by atoms with Crippen molar-refractivity contribution in [1.82, 2.24) is 4.98 Å². The van der Waals surface area contributed by atoms with E-state index in [2.05, 4.69) is 25.8 Å². The lowest BCUT2D eigenvalue weighted by Gasteiger charge is -2.35. The molecular weight excluding hydrogens is 514 g/mol. The van der Waals surface area contributed by atoms with Crippen molar-refractivity contribution in [3.63, 3.8) is 0 Å². The topological polar surface area (TPSA) is 109 Å². The van der Waals surface area contributed by atoms with Crippen LogP contribution in [0, 0.1) is 41.4 Å². The summed E-state index contributed by atoms with van der Waals surface area (Å²) in [7, 11) is 0. The summed E-state index contributed by atoms with van der Waals surface area (Å²) in [6.45, 7) is 17.5. The minimum absolute atomic E-state index is 0.0477. The predicted molar refractivity (Wildman–Crippen MR) is 152 cm³/mol. The number of hydrogen-bond acceptors (Lipinski definition) is 8. The van der Waals surface area contributed by atoms with Gasteiger partial charge < -0.3 is 19.7 Å². The number of thiazole rings is 1. The number of aryl methyl sites for hydroxylation is 1. The Morgan fingerprint density at radius 2 is 1.85 bits per heavy atom. The van der Waals surface area contributed by atoms with Gasteiger partial charge in [0.25, 0.3) is 0 Å². The molecule has 0 bridgehead atoms. The number of carbonyl (C=O) groups excluding carboxylic acids is 2. The maximum absolute atomic E-state index is 13.5. The van der Waals surface area contributed by atoms with Crippen molar-refractivity contribution in [2.75, 3.05) is 0 Å². The second kappa shape index (κ2) is 10.7. The van der Waals surface area contributed by atoms with Crippen LogP contribution in [0.5, 0.6) is 0 Å². The quantitative estimate of drug-likeness (QED) is 0.370. The van der Waals surface area contributed by atoms with Crippen LogP contribution in [-0.4, -0.2) is 57.0 Å². The normalized spacial score (nSPS) is 39.9. The third-order valence-corrected chi connectivity index (χ3v) is 10.6. The molecule has 4 rings (SSSR count). The van der Waals surface area contributed by atoms with Crippen LogP contribution in [0.25, 0.3) is 6.08 Å². The van der Waals surface area contributed by atoms with Crippen molar-refractivity contribution < 1.29 is 29.3 Å². The van der Waals surface area contributed by atoms with Crippen LogP contribution in [0.1, 0.15) is 91.8 Å². The van der Waals surface area contributed by atoms with Crippen molar-refractivity contribution in [3.05, 3.63) is 21.7 Å². The van der Waals surface area contributed by atoms with E-state index < -0.39 is 35.6 Å². The lowest BCUT2D eigenvalue weighted by molar-refractivity contribution is -0.154. The molecule has 8 heteroatoms. The van der Waals surface area contributed by atoms with Crippen LogP contribution < -0.4 is 0 Å². The van der Waals surface area contributed by atoms with Gasteiger partial charge in [-0.15, -0.1) is 11.3 Å². The summed E-state index contributed by atoms with van der Waals surface area (Å²) in [5, 5.41) is 25.2. The molecular formula is C31H47NO6S. The number of rotatable bonds is 2. The molecule has 1 aromatic heterocycles. The van der Waals surface area contributed by atoms with Crippen LogP contribution >= 0.6 is 11.3 Å². The number of fused-ring (bicyclic) bond motifs is 2. The van der Waals surface area contributed by atoms with Gasteiger partial charge in [0.05, 0.1) is 40.8 Å². The van der Waals surface area contributed by atoms with Crippen LogP contribution in [0.3, 0.4) is 0 Å². The Bertz CT molecular complexity index is 1120. The van der Waals surface area contributed by atoms with Gasteiger partial charge in [-0.25, -0.2) is 4.98 Å². The van der Waals surface area contributed by atoms with Gasteiger partial charge in [-0.3, -0.25) is 9.59 Å². The number of esters is 1. The van der Waals surface area contributed by atoms with E-state index in [0.717, 1.165) is 29.1 Å². The lowest BCUT2D eigenvalue weighted by atomic mass is 9.71. The van der Waals surface area contributed by atoms with Gasteiger partial charge in [0.1, 0.15) is 17.5 Å². The third-order valence-electron chi connectivity index (χ3n) is 9.82. The molecule has 3 fully saturated rings. The Hall–Kier alpha value is -1.61. The highest BCUT2D eigenvalue weighted by Gasteiger charge is 2.66. The second-order valence-electron chi connectivity index (χ2n) is 13.9. The number of Topliss-reactive ketones (excluding diaryl/α,β-unsaturated/α-hetero) is 1. The molecule has 0 radical (unpaired) electrons. The molecule has 218 valence electrons. The largest absolute Gasteiger partial charge is 0.458 e. The molecule has 0 spiro atoms. The van der Waals surface area contributed by atoms with Gasteiger partial charge in [-0.1, -0.05) is 48.5 Å². The summed E-state index contributed by atoms with van der Waals surface area (Å²) in [5.41, 5.74) is 0.0104. The smallest absolute Gasteiger partial charge is 0.309 e. The van der Waals surface area contributed by atoms with E-state index in [1.165, 1.54) is 0 Å². The van der Waals surface area contributed by atoms with E-state index in [4.69, 9.17) is 9.47 Å². The van der Waals surface area contributed by atoms with Crippen LogP contribution in [0.15, 0.2) is 11.0 Å². The van der Waals surface area contributed by atoms with E-state index in [9.17, 15) is 19.8 Å². The van der Waals surface area contributed by atoms with Gasteiger partial charge in [0, 0.05) is 17.7 Å². The Morgan fingerprint density at radius 1 is 1.18 bits per heavy atom. The van der Waals surface area contributed by atoms with Gasteiger partial charge in [-0.2, -0.15) is 0 Å². The highest BCUT2D eigenvalue weighted by molar-refractivity contribution is 7.09. The summed E-state index contributed by atoms with van der Waals surface area (Å²) < 4.78 is 12.5. The SMILES string of the molecule is C/C(=C\c1csc(C)n1)[C@H]1C[C@@H]2O[C@]2(C(C)(C)C)C[C@H]2C[C@H]2[C@H](C)[C@@H](O)[C@@H](C)C(=O)C(C)(C)[C@@H](O)CC(=O)O1. The molecule has 1 saturated carbocycles. The van der Waals surface area contributed by atoms with Crippen molar-refractivity contribution >= 4 is 29.2 Å². The number of hydrogen-bond donors (Lipinski definition) is 2. The Kier molecular flexibility index (Phi) is 8.30. The lowest BCUT2D eigenvalue weighted by Crippen LogP contribution is -2.46. The number of ketones is 1. The summed E-state index contributed by atoms with van der Waals surface area (Å²) in [4.78, 5) is 31.2. The molecule has 0 aromatic carbocycles. The first kappa shape index (κ1) is 30.4. The first-order valence-electron chi connectivity index (χ1n) is 14.4. The molecule has 7 nitrogen and oxygen atoms in total. The zero-order valence-corrected chi connectivity index (χ0v) is 25.8. The first-order valence-corrected chi connectivity index (χ1v) is 15.2. The Balaban J connectivity index is 1.67. The average Bonchev–Trinajstić information content (AvgIpc) is 3.72. The summed E-state index contributed by atoms with van der Waals surface area (Å²) >= 11 is 1.57. The summed E-state index contributed by atoms with van der Waals surface area (Å²) in [6, 6.07) is 0. The fourth-order valence-electron chi connectivity index (χ4n) is 6.67. The Morgan fingerprint density at radius 3 is 2.44 bits per heavy atom. The standard InChI is InChI=1S/C31H47NO6S/c1-16(10-21-15-39-19(4)32-21)23-12-25-31(38-25,29(5,6)7)14-20-11-22(20)17(2)27(35)18(3)28(36)30(8,9)24(33)13-26(34)37-23/h10,15,17-18,20,22-25,27,33,35H,11-14H2,1-9H3/b16-10+/t17-,18+,20+,22-,23+,24-,25-,27+,31+/m0/s1. The number of nitrogens with zero attached hydrogens (tertiary/aromatic N) is 1. The molecule has 9 atom stereocenters. The number of cyclic esters (lactones) is 1. The van der Waals surface area contributed by atoms with Crippen molar-refractivity contribution in [3.8, 4) is 0 Å². The second-order valence-corrected chi connectivity index (χ2v) is 15.0. The number of aromatic nitrogens is 1. The average molecular weight is 562 g/mol. The van der Waals surface area contributed by atoms with Gasteiger partial charge in [0.15, 0.2) is 0 Å². The molecule has 3 aliphatic rings. The van der Waals surface area contributed by atoms with E-state index in [1.807, 2.05) is 32.2 Å². The zero-order chi connectivity index (χ0) is 29.1. The van der Waals surface area contributed by atoms with Gasteiger partial charge >= 0.3 is 5.97 Å². The number of carbonyl (C=O) groups is 2. The number of aliphatic hydroxyl groups is 2. The van der Waals surface area contributed by atoms with Gasteiger partial charge in [0.2, 0.25) is 0 Å². The number of ether oxygens (including phenoxy) is 2. The third kappa shape index (κ3) is 6.04. The molecule has 1 aromatic rings. The van der Waals surface area contributed by atoms with Crippen LogP contribution in [0.4, 0.5) is 0 Å². The number of aliphatic hydroxyl groups excluding tert-OH is 2. The maximum Gasteiger partial charge on any atom is 0.309 e. The monoisotopic (exact) mass is 561 g/mol. The minimum Gasteiger partial charge on any atom is -0.458 e. The highest BCUT2D eigenvalue weighted by atomic mass is 32.1. The van der Waals surface area contributed by atoms with Crippen LogP contribution in [0.2, 0.25) is 0 Å². The molecule has 0 unspecified atom stereocenters. The zero-order valence-electron chi connectivity index (χ0n) is 25.0. The summed E-state index contributed by atoms with van der Waals surface area (Å²) in [6.07, 6.45) is 1.37. The van der Waals surface area contributed by atoms with Crippen molar-refractivity contribution in [2.45, 2.75) is 118 Å². The van der Waals surface area contributed by atoms with Crippen molar-refractivity contribution in [1.29, 1.82) is 0 Å². The molecule has 0 amide bonds. The fourth-order valence-corrected chi connectivity index (χ4v) is 7.24. The molecule has 3 heterocycles.